The molecule has 43 heavy (non-hydrogen) atoms. The topological polar surface area (TPSA) is 75.7 Å². The molecule has 0 atom stereocenters. The highest BCUT2D eigenvalue weighted by Gasteiger charge is 2.48. The first-order valence-corrected chi connectivity index (χ1v) is 16.1. The van der Waals surface area contributed by atoms with E-state index in [0.29, 0.717) is 23.1 Å². The van der Waals surface area contributed by atoms with Crippen LogP contribution in [0.1, 0.15) is 89.3 Å². The number of amides is 1. The van der Waals surface area contributed by atoms with Crippen molar-refractivity contribution in [3.63, 3.8) is 0 Å². The van der Waals surface area contributed by atoms with Gasteiger partial charge in [-0.1, -0.05) is 52.8 Å². The number of hydrogen-bond acceptors (Lipinski definition) is 5. The van der Waals surface area contributed by atoms with Gasteiger partial charge in [0.05, 0.1) is 4.47 Å². The lowest BCUT2D eigenvalue weighted by molar-refractivity contribution is -0.120. The molecule has 0 saturated carbocycles. The molecule has 0 bridgehead atoms. The molecule has 228 valence electrons. The summed E-state index contributed by atoms with van der Waals surface area (Å²) in [5, 5.41) is 2.93. The van der Waals surface area contributed by atoms with Gasteiger partial charge in [0.2, 0.25) is 0 Å². The van der Waals surface area contributed by atoms with E-state index in [-0.39, 0.29) is 34.9 Å². The zero-order valence-electron chi connectivity index (χ0n) is 26.4. The van der Waals surface area contributed by atoms with Crippen molar-refractivity contribution in [2.24, 2.45) is 10.8 Å². The Morgan fingerprint density at radius 3 is 2.12 bits per heavy atom. The number of allylic oxidation sites excluding steroid dienone is 4. The summed E-state index contributed by atoms with van der Waals surface area (Å²) in [7, 11) is 0. The van der Waals surface area contributed by atoms with Gasteiger partial charge in [0.25, 0.3) is 5.91 Å². The normalized spacial score (nSPS) is 19.8. The Balaban J connectivity index is 1.49. The molecular formula is C36H43BrN2O4. The number of nitrogens with zero attached hydrogens (tertiary/aromatic N) is 1. The van der Waals surface area contributed by atoms with Gasteiger partial charge in [-0.15, -0.1) is 0 Å². The Morgan fingerprint density at radius 1 is 0.953 bits per heavy atom. The monoisotopic (exact) mass is 646 g/mol. The number of rotatable bonds is 7. The van der Waals surface area contributed by atoms with Gasteiger partial charge in [-0.05, 0) is 94.8 Å². The van der Waals surface area contributed by atoms with Crippen molar-refractivity contribution >= 4 is 39.1 Å². The third kappa shape index (κ3) is 6.24. The number of ketones is 2. The number of ether oxygens (including phenoxy) is 1. The van der Waals surface area contributed by atoms with Gasteiger partial charge in [-0.25, -0.2) is 0 Å². The van der Waals surface area contributed by atoms with E-state index in [9.17, 15) is 14.4 Å². The summed E-state index contributed by atoms with van der Waals surface area (Å²) in [5.41, 5.74) is 7.20. The first kappa shape index (κ1) is 31.2. The lowest BCUT2D eigenvalue weighted by Gasteiger charge is -2.49. The highest BCUT2D eigenvalue weighted by Crippen LogP contribution is 2.54. The number of carbonyl (C=O) groups excluding carboxylic acids is 3. The average molecular weight is 648 g/mol. The second-order valence-corrected chi connectivity index (χ2v) is 14.8. The van der Waals surface area contributed by atoms with Crippen LogP contribution in [-0.4, -0.2) is 35.5 Å². The summed E-state index contributed by atoms with van der Waals surface area (Å²) < 4.78 is 6.60. The Kier molecular flexibility index (Phi) is 8.51. The zero-order chi connectivity index (χ0) is 31.3. The van der Waals surface area contributed by atoms with E-state index < -0.39 is 5.92 Å². The number of aryl methyl sites for hydroxylation is 1. The number of hydrogen-bond donors (Lipinski definition) is 1. The van der Waals surface area contributed by atoms with Crippen LogP contribution in [-0.2, 0) is 14.4 Å². The number of halogens is 1. The summed E-state index contributed by atoms with van der Waals surface area (Å²) in [6.07, 6.45) is 3.45. The molecule has 1 amide bonds. The minimum absolute atomic E-state index is 0.126. The Bertz CT molecular complexity index is 1510. The molecular weight excluding hydrogens is 604 g/mol. The van der Waals surface area contributed by atoms with Crippen LogP contribution in [0.3, 0.4) is 0 Å². The van der Waals surface area contributed by atoms with E-state index in [1.807, 2.05) is 50.2 Å². The number of Topliss-reactive ketones (excluding diaryl/α,β-unsaturated/α-hetero) is 2. The zero-order valence-corrected chi connectivity index (χ0v) is 28.0. The lowest BCUT2D eigenvalue weighted by atomic mass is 9.63. The quantitative estimate of drug-likeness (QED) is 0.328. The van der Waals surface area contributed by atoms with Gasteiger partial charge in [-0.3, -0.25) is 14.4 Å². The number of nitrogens with one attached hydrogen (secondary N) is 1. The number of benzene rings is 2. The van der Waals surface area contributed by atoms with Crippen molar-refractivity contribution in [2.75, 3.05) is 18.5 Å². The Hall–Kier alpha value is -3.19. The molecule has 0 fully saturated rings. The van der Waals surface area contributed by atoms with Gasteiger partial charge < -0.3 is 15.0 Å². The smallest absolute Gasteiger partial charge is 0.262 e. The molecule has 1 heterocycles. The van der Waals surface area contributed by atoms with Crippen molar-refractivity contribution in [3.8, 4) is 5.75 Å². The SMILES string of the molecule is CCCN1C2=C(C(=O)CC(C)(C)C2)C(c2ccc(OCC(=O)Nc3cccc(C)c3C)c(Br)c2)C2=C1CC(C)(C)CC2=O. The molecule has 2 aromatic rings. The molecule has 0 aromatic heterocycles. The first-order valence-electron chi connectivity index (χ1n) is 15.3. The van der Waals surface area contributed by atoms with Gasteiger partial charge in [-0.2, -0.15) is 0 Å². The van der Waals surface area contributed by atoms with Gasteiger partial charge >= 0.3 is 0 Å². The van der Waals surface area contributed by atoms with Crippen molar-refractivity contribution < 1.29 is 19.1 Å². The van der Waals surface area contributed by atoms with Crippen molar-refractivity contribution in [1.29, 1.82) is 0 Å². The maximum atomic E-state index is 13.9. The molecule has 2 aliphatic carbocycles. The standard InChI is InChI=1S/C36H43BrN2O4/c1-8-14-39-26-16-35(4,5)18-28(40)33(26)32(34-27(39)17-36(6,7)19-29(34)41)23-12-13-30(24(37)15-23)43-20-31(42)38-25-11-9-10-21(2)22(25)3/h9-13,15,32H,8,14,16-20H2,1-7H3,(H,38,42). The molecule has 0 radical (unpaired) electrons. The first-order chi connectivity index (χ1) is 20.2. The Morgan fingerprint density at radius 2 is 1.56 bits per heavy atom. The average Bonchev–Trinajstić information content (AvgIpc) is 2.90. The van der Waals surface area contributed by atoms with E-state index in [1.165, 1.54) is 0 Å². The largest absolute Gasteiger partial charge is 0.483 e. The minimum Gasteiger partial charge on any atom is -0.483 e. The fourth-order valence-electron chi connectivity index (χ4n) is 6.90. The fraction of sp³-hybridized carbons (Fsp3) is 0.472. The van der Waals surface area contributed by atoms with Crippen LogP contribution in [0.2, 0.25) is 0 Å². The number of carbonyl (C=O) groups is 3. The molecule has 2 aromatic carbocycles. The van der Waals surface area contributed by atoms with Gasteiger partial charge in [0.1, 0.15) is 5.75 Å². The van der Waals surface area contributed by atoms with Crippen molar-refractivity contribution in [3.05, 3.63) is 80.1 Å². The van der Waals surface area contributed by atoms with Crippen molar-refractivity contribution in [1.82, 2.24) is 4.90 Å². The molecule has 6 nitrogen and oxygen atoms in total. The van der Waals surface area contributed by atoms with Crippen LogP contribution in [0.5, 0.6) is 5.75 Å². The highest BCUT2D eigenvalue weighted by atomic mass is 79.9. The number of anilines is 1. The van der Waals surface area contributed by atoms with Crippen LogP contribution in [0.15, 0.2) is 63.4 Å². The van der Waals surface area contributed by atoms with Crippen LogP contribution in [0.4, 0.5) is 5.69 Å². The summed E-state index contributed by atoms with van der Waals surface area (Å²) in [4.78, 5) is 42.8. The lowest BCUT2D eigenvalue weighted by Crippen LogP contribution is -2.44. The molecule has 1 aliphatic heterocycles. The Labute approximate surface area is 264 Å². The van der Waals surface area contributed by atoms with E-state index in [2.05, 4.69) is 60.8 Å². The van der Waals surface area contributed by atoms with E-state index in [1.54, 1.807) is 0 Å². The molecule has 3 aliphatic rings. The molecule has 5 rings (SSSR count). The molecule has 0 spiro atoms. The van der Waals surface area contributed by atoms with Crippen LogP contribution >= 0.6 is 15.9 Å². The van der Waals surface area contributed by atoms with Gasteiger partial charge in [0, 0.05) is 53.5 Å². The molecule has 1 N–H and O–H groups in total. The minimum atomic E-state index is -0.414. The summed E-state index contributed by atoms with van der Waals surface area (Å²) >= 11 is 3.66. The summed E-state index contributed by atoms with van der Waals surface area (Å²) in [6, 6.07) is 11.5. The van der Waals surface area contributed by atoms with Crippen LogP contribution in [0, 0.1) is 24.7 Å². The van der Waals surface area contributed by atoms with E-state index >= 15 is 0 Å². The van der Waals surface area contributed by atoms with Crippen LogP contribution < -0.4 is 10.1 Å². The molecule has 7 heteroatoms. The summed E-state index contributed by atoms with van der Waals surface area (Å²) in [5.74, 6) is 0.118. The van der Waals surface area contributed by atoms with E-state index in [0.717, 1.165) is 70.7 Å². The molecule has 0 saturated heterocycles. The predicted molar refractivity (Wildman–Crippen MR) is 174 cm³/mol. The highest BCUT2D eigenvalue weighted by molar-refractivity contribution is 9.10. The third-order valence-corrected chi connectivity index (χ3v) is 9.62. The predicted octanol–water partition coefficient (Wildman–Crippen LogP) is 8.18. The summed E-state index contributed by atoms with van der Waals surface area (Å²) in [6.45, 7) is 15.4. The second kappa shape index (κ2) is 11.7. The van der Waals surface area contributed by atoms with Crippen molar-refractivity contribution in [2.45, 2.75) is 86.5 Å². The van der Waals surface area contributed by atoms with E-state index in [4.69, 9.17) is 4.74 Å². The fourth-order valence-corrected chi connectivity index (χ4v) is 7.42. The van der Waals surface area contributed by atoms with Crippen LogP contribution in [0.25, 0.3) is 0 Å². The third-order valence-electron chi connectivity index (χ3n) is 9.00. The maximum Gasteiger partial charge on any atom is 0.262 e. The molecule has 0 unspecified atom stereocenters. The second-order valence-electron chi connectivity index (χ2n) is 14.0. The van der Waals surface area contributed by atoms with Gasteiger partial charge in [0.15, 0.2) is 18.2 Å². The maximum absolute atomic E-state index is 13.9.